The van der Waals surface area contributed by atoms with Gasteiger partial charge in [-0.05, 0) is 38.2 Å². The summed E-state index contributed by atoms with van der Waals surface area (Å²) in [5.74, 6) is 1.10. The van der Waals surface area contributed by atoms with E-state index in [0.29, 0.717) is 16.8 Å². The first-order valence-electron chi connectivity index (χ1n) is 5.63. The van der Waals surface area contributed by atoms with Gasteiger partial charge in [-0.1, -0.05) is 27.5 Å². The Hall–Kier alpha value is -0.910. The molecule has 0 aliphatic carbocycles. The van der Waals surface area contributed by atoms with Gasteiger partial charge in [0.05, 0.1) is 10.6 Å². The predicted octanol–water partition coefficient (Wildman–Crippen LogP) is 3.30. The average Bonchev–Trinajstić information content (AvgIpc) is 2.78. The minimum absolute atomic E-state index is 0.465. The van der Waals surface area contributed by atoms with Gasteiger partial charge in [-0.2, -0.15) is 0 Å². The number of hydrogen-bond donors (Lipinski definition) is 1. The van der Waals surface area contributed by atoms with Gasteiger partial charge in [-0.25, -0.2) is 0 Å². The van der Waals surface area contributed by atoms with Crippen LogP contribution in [0.5, 0.6) is 0 Å². The first kappa shape index (κ1) is 13.5. The molecule has 6 heteroatoms. The summed E-state index contributed by atoms with van der Waals surface area (Å²) in [6.45, 7) is 0.927. The first-order chi connectivity index (χ1) is 8.70. The fourth-order valence-corrected chi connectivity index (χ4v) is 2.30. The highest BCUT2D eigenvalue weighted by atomic mass is 79.9. The predicted molar refractivity (Wildman–Crippen MR) is 74.7 cm³/mol. The second-order valence-corrected chi connectivity index (χ2v) is 5.16. The number of aryl methyl sites for hydroxylation is 1. The molecule has 4 nitrogen and oxygen atoms in total. The van der Waals surface area contributed by atoms with Crippen molar-refractivity contribution in [3.05, 3.63) is 33.6 Å². The molecular formula is C12H13BrClN3O. The molecule has 0 radical (unpaired) electrons. The fourth-order valence-electron chi connectivity index (χ4n) is 1.54. The highest BCUT2D eigenvalue weighted by Crippen LogP contribution is 2.29. The van der Waals surface area contributed by atoms with Crippen molar-refractivity contribution in [2.45, 2.75) is 12.8 Å². The lowest BCUT2D eigenvalue weighted by molar-refractivity contribution is 0.495. The van der Waals surface area contributed by atoms with Crippen LogP contribution < -0.4 is 5.32 Å². The van der Waals surface area contributed by atoms with Crippen LogP contribution in [0.4, 0.5) is 0 Å². The largest absolute Gasteiger partial charge is 0.421 e. The van der Waals surface area contributed by atoms with E-state index in [0.717, 1.165) is 29.4 Å². The van der Waals surface area contributed by atoms with Gasteiger partial charge in [0.15, 0.2) is 0 Å². The Bertz CT molecular complexity index is 530. The summed E-state index contributed by atoms with van der Waals surface area (Å²) < 4.78 is 6.51. The van der Waals surface area contributed by atoms with Crippen LogP contribution in [0.25, 0.3) is 11.5 Å². The monoisotopic (exact) mass is 329 g/mol. The number of hydrogen-bond acceptors (Lipinski definition) is 4. The molecule has 0 unspecified atom stereocenters. The second-order valence-electron chi connectivity index (χ2n) is 3.83. The standard InChI is InChI=1S/C12H13BrClN3O/c1-15-6-2-3-11-16-17-12(18-11)9-5-4-8(13)7-10(9)14/h4-5,7,15H,2-3,6H2,1H3. The SMILES string of the molecule is CNCCCc1nnc(-c2ccc(Br)cc2Cl)o1. The molecule has 0 bridgehead atoms. The van der Waals surface area contributed by atoms with Crippen molar-refractivity contribution in [1.29, 1.82) is 0 Å². The Morgan fingerprint density at radius 3 is 2.94 bits per heavy atom. The molecule has 18 heavy (non-hydrogen) atoms. The Morgan fingerprint density at radius 2 is 2.22 bits per heavy atom. The Labute approximate surface area is 119 Å². The number of benzene rings is 1. The van der Waals surface area contributed by atoms with Crippen LogP contribution >= 0.6 is 27.5 Å². The van der Waals surface area contributed by atoms with Crippen molar-refractivity contribution in [2.75, 3.05) is 13.6 Å². The molecule has 0 aliphatic heterocycles. The molecule has 1 aromatic carbocycles. The number of rotatable bonds is 5. The molecule has 0 spiro atoms. The van der Waals surface area contributed by atoms with E-state index < -0.39 is 0 Å². The number of nitrogens with one attached hydrogen (secondary N) is 1. The van der Waals surface area contributed by atoms with E-state index in [4.69, 9.17) is 16.0 Å². The normalized spacial score (nSPS) is 10.8. The van der Waals surface area contributed by atoms with Crippen LogP contribution in [0.1, 0.15) is 12.3 Å². The molecule has 0 amide bonds. The molecule has 0 saturated carbocycles. The highest BCUT2D eigenvalue weighted by molar-refractivity contribution is 9.10. The van der Waals surface area contributed by atoms with Crippen LogP contribution in [0.3, 0.4) is 0 Å². The van der Waals surface area contributed by atoms with Gasteiger partial charge >= 0.3 is 0 Å². The van der Waals surface area contributed by atoms with E-state index in [9.17, 15) is 0 Å². The van der Waals surface area contributed by atoms with Crippen LogP contribution in [0.2, 0.25) is 5.02 Å². The van der Waals surface area contributed by atoms with Gasteiger partial charge in [0.25, 0.3) is 0 Å². The van der Waals surface area contributed by atoms with E-state index in [-0.39, 0.29) is 0 Å². The minimum atomic E-state index is 0.465. The van der Waals surface area contributed by atoms with Crippen molar-refractivity contribution in [1.82, 2.24) is 15.5 Å². The summed E-state index contributed by atoms with van der Waals surface area (Å²) in [7, 11) is 1.92. The lowest BCUT2D eigenvalue weighted by Gasteiger charge is -1.99. The summed E-state index contributed by atoms with van der Waals surface area (Å²) >= 11 is 9.49. The molecular weight excluding hydrogens is 318 g/mol. The second kappa shape index (κ2) is 6.31. The van der Waals surface area contributed by atoms with Crippen molar-refractivity contribution in [2.24, 2.45) is 0 Å². The number of halogens is 2. The van der Waals surface area contributed by atoms with Crippen LogP contribution in [-0.4, -0.2) is 23.8 Å². The summed E-state index contributed by atoms with van der Waals surface area (Å²) in [6, 6.07) is 5.56. The summed E-state index contributed by atoms with van der Waals surface area (Å²) in [6.07, 6.45) is 1.73. The Balaban J connectivity index is 2.13. The number of nitrogens with zero attached hydrogens (tertiary/aromatic N) is 2. The van der Waals surface area contributed by atoms with Gasteiger partial charge in [-0.15, -0.1) is 10.2 Å². The zero-order chi connectivity index (χ0) is 13.0. The summed E-state index contributed by atoms with van der Waals surface area (Å²) in [4.78, 5) is 0. The highest BCUT2D eigenvalue weighted by Gasteiger charge is 2.11. The third-order valence-electron chi connectivity index (χ3n) is 2.45. The van der Waals surface area contributed by atoms with E-state index in [1.165, 1.54) is 0 Å². The topological polar surface area (TPSA) is 51.0 Å². The smallest absolute Gasteiger partial charge is 0.249 e. The van der Waals surface area contributed by atoms with Gasteiger partial charge in [0, 0.05) is 10.9 Å². The zero-order valence-corrected chi connectivity index (χ0v) is 12.3. The number of aromatic nitrogens is 2. The average molecular weight is 331 g/mol. The molecule has 1 heterocycles. The van der Waals surface area contributed by atoms with Crippen molar-refractivity contribution in [3.63, 3.8) is 0 Å². The Kier molecular flexibility index (Phi) is 4.74. The van der Waals surface area contributed by atoms with Crippen LogP contribution in [0, 0.1) is 0 Å². The lowest BCUT2D eigenvalue weighted by atomic mass is 10.2. The van der Waals surface area contributed by atoms with Gasteiger partial charge in [0.1, 0.15) is 0 Å². The van der Waals surface area contributed by atoms with E-state index >= 15 is 0 Å². The van der Waals surface area contributed by atoms with Gasteiger partial charge < -0.3 is 9.73 Å². The Morgan fingerprint density at radius 1 is 1.39 bits per heavy atom. The lowest BCUT2D eigenvalue weighted by Crippen LogP contribution is -2.08. The first-order valence-corrected chi connectivity index (χ1v) is 6.80. The molecule has 2 rings (SSSR count). The summed E-state index contributed by atoms with van der Waals surface area (Å²) in [5, 5.41) is 11.7. The van der Waals surface area contributed by atoms with E-state index in [1.807, 2.05) is 25.2 Å². The van der Waals surface area contributed by atoms with Crippen LogP contribution in [0.15, 0.2) is 27.1 Å². The van der Waals surface area contributed by atoms with E-state index in [1.54, 1.807) is 0 Å². The minimum Gasteiger partial charge on any atom is -0.421 e. The molecule has 1 aromatic heterocycles. The molecule has 0 atom stereocenters. The zero-order valence-electron chi connectivity index (χ0n) is 9.91. The maximum atomic E-state index is 6.13. The maximum Gasteiger partial charge on any atom is 0.249 e. The quantitative estimate of drug-likeness (QED) is 0.855. The maximum absolute atomic E-state index is 6.13. The van der Waals surface area contributed by atoms with Crippen molar-refractivity contribution < 1.29 is 4.42 Å². The molecule has 1 N–H and O–H groups in total. The van der Waals surface area contributed by atoms with Gasteiger partial charge in [0.2, 0.25) is 11.8 Å². The summed E-state index contributed by atoms with van der Waals surface area (Å²) in [5.41, 5.74) is 0.757. The van der Waals surface area contributed by atoms with E-state index in [2.05, 4.69) is 31.4 Å². The van der Waals surface area contributed by atoms with Crippen molar-refractivity contribution >= 4 is 27.5 Å². The van der Waals surface area contributed by atoms with Gasteiger partial charge in [-0.3, -0.25) is 0 Å². The van der Waals surface area contributed by atoms with Crippen LogP contribution in [-0.2, 0) is 6.42 Å². The fraction of sp³-hybridized carbons (Fsp3) is 0.333. The molecule has 2 aromatic rings. The molecule has 96 valence electrons. The third-order valence-corrected chi connectivity index (χ3v) is 3.25. The molecule has 0 fully saturated rings. The third kappa shape index (κ3) is 3.31. The van der Waals surface area contributed by atoms with Crippen molar-refractivity contribution in [3.8, 4) is 11.5 Å². The molecule has 0 saturated heterocycles. The molecule has 0 aliphatic rings.